The maximum Gasteiger partial charge on any atom is 0.472 e. The van der Waals surface area contributed by atoms with E-state index in [1.165, 1.54) is 154 Å². The average molecular weight is 987 g/mol. The Balaban J connectivity index is 4.67. The van der Waals surface area contributed by atoms with Crippen molar-refractivity contribution in [2.45, 2.75) is 303 Å². The van der Waals surface area contributed by atoms with E-state index in [1.54, 1.807) is 0 Å². The maximum absolute atomic E-state index is 12.9. The lowest BCUT2D eigenvalue weighted by Gasteiger charge is -2.21. The zero-order chi connectivity index (χ0) is 49.9. The van der Waals surface area contributed by atoms with Crippen molar-refractivity contribution in [1.29, 1.82) is 0 Å². The first-order chi connectivity index (χ1) is 33.2. The quantitative estimate of drug-likeness (QED) is 0.0197. The molecule has 0 aliphatic heterocycles. The second-order valence-corrected chi connectivity index (χ2v) is 20.9. The minimum absolute atomic E-state index is 0.164. The molecule has 0 saturated heterocycles. The Morgan fingerprint density at radius 1 is 0.397 bits per heavy atom. The predicted octanol–water partition coefficient (Wildman–Crippen LogP) is 16.5. The molecule has 68 heavy (non-hydrogen) atoms. The van der Waals surface area contributed by atoms with Crippen LogP contribution in [-0.2, 0) is 42.2 Å². The van der Waals surface area contributed by atoms with Crippen molar-refractivity contribution in [2.75, 3.05) is 26.4 Å². The fourth-order valence-electron chi connectivity index (χ4n) is 8.29. The summed E-state index contributed by atoms with van der Waals surface area (Å²) in [5.74, 6) is -1.45. The van der Waals surface area contributed by atoms with E-state index in [4.69, 9.17) is 23.3 Å². The van der Waals surface area contributed by atoms with Gasteiger partial charge in [-0.25, -0.2) is 4.57 Å². The molecule has 0 fully saturated rings. The lowest BCUT2D eigenvalue weighted by molar-refractivity contribution is -0.161. The van der Waals surface area contributed by atoms with E-state index in [9.17, 15) is 28.9 Å². The standard InChI is InChI=1S/C56H107O11P/c1-4-7-10-13-16-19-22-24-25-26-27-29-31-33-36-39-42-45-54(58)63-49-53(67-56(60)47-44-41-38-35-32-28-23-20-17-14-11-8-5-2)51-65-68(61,62)64-50-52(48-57)66-55(59)46-43-40-37-34-30-21-18-15-12-9-6-3/h20,23,52-53,57H,4-19,21-22,24-51H2,1-3H3,(H,61,62)/b23-20-. The highest BCUT2D eigenvalue weighted by molar-refractivity contribution is 7.47. The van der Waals surface area contributed by atoms with Crippen molar-refractivity contribution in [3.63, 3.8) is 0 Å². The van der Waals surface area contributed by atoms with Crippen LogP contribution < -0.4 is 0 Å². The first-order valence-corrected chi connectivity index (χ1v) is 30.1. The second-order valence-electron chi connectivity index (χ2n) is 19.5. The van der Waals surface area contributed by atoms with Gasteiger partial charge in [0.1, 0.15) is 12.7 Å². The van der Waals surface area contributed by atoms with Crippen LogP contribution in [0, 0.1) is 0 Å². The molecule has 0 aromatic heterocycles. The highest BCUT2D eigenvalue weighted by Gasteiger charge is 2.28. The van der Waals surface area contributed by atoms with Gasteiger partial charge in [-0.05, 0) is 44.9 Å². The van der Waals surface area contributed by atoms with Crippen molar-refractivity contribution in [2.24, 2.45) is 0 Å². The highest BCUT2D eigenvalue weighted by Crippen LogP contribution is 2.43. The summed E-state index contributed by atoms with van der Waals surface area (Å²) >= 11 is 0. The molecule has 0 spiro atoms. The van der Waals surface area contributed by atoms with E-state index >= 15 is 0 Å². The number of ether oxygens (including phenoxy) is 3. The average Bonchev–Trinajstić information content (AvgIpc) is 3.32. The Kier molecular flexibility index (Phi) is 50.2. The number of phosphoric acid groups is 1. The summed E-state index contributed by atoms with van der Waals surface area (Å²) in [6, 6.07) is 0. The van der Waals surface area contributed by atoms with Crippen LogP contribution in [0.5, 0.6) is 0 Å². The largest absolute Gasteiger partial charge is 0.472 e. The van der Waals surface area contributed by atoms with Crippen molar-refractivity contribution in [3.05, 3.63) is 12.2 Å². The van der Waals surface area contributed by atoms with Gasteiger partial charge in [0.2, 0.25) is 0 Å². The first kappa shape index (κ1) is 66.2. The SMILES string of the molecule is CCCCCC/C=C\CCCCCCCC(=O)OC(COC(=O)CCCCCCCCCCCCCCCCCCC)COP(=O)(O)OCC(CO)OC(=O)CCCCCCCCCCCCC. The van der Waals surface area contributed by atoms with Crippen molar-refractivity contribution >= 4 is 25.7 Å². The molecule has 0 aromatic carbocycles. The van der Waals surface area contributed by atoms with E-state index in [1.807, 2.05) is 0 Å². The smallest absolute Gasteiger partial charge is 0.462 e. The second kappa shape index (κ2) is 51.6. The number of phosphoric ester groups is 1. The molecule has 0 heterocycles. The number of rotatable bonds is 54. The summed E-state index contributed by atoms with van der Waals surface area (Å²) in [6.45, 7) is 4.66. The van der Waals surface area contributed by atoms with Crippen molar-refractivity contribution in [1.82, 2.24) is 0 Å². The molecular formula is C56H107O11P. The maximum atomic E-state index is 12.9. The zero-order valence-corrected chi connectivity index (χ0v) is 45.2. The van der Waals surface area contributed by atoms with Crippen LogP contribution in [-0.4, -0.2) is 66.5 Å². The summed E-state index contributed by atoms with van der Waals surface area (Å²) in [5, 5.41) is 9.78. The number of carbonyl (C=O) groups is 3. The lowest BCUT2D eigenvalue weighted by atomic mass is 10.0. The number of allylic oxidation sites excluding steroid dienone is 2. The van der Waals surface area contributed by atoms with Gasteiger partial charge in [0.05, 0.1) is 19.8 Å². The van der Waals surface area contributed by atoms with Gasteiger partial charge in [-0.2, -0.15) is 0 Å². The van der Waals surface area contributed by atoms with Gasteiger partial charge in [0.15, 0.2) is 6.10 Å². The molecule has 0 rings (SSSR count). The Morgan fingerprint density at radius 3 is 1.03 bits per heavy atom. The van der Waals surface area contributed by atoms with E-state index in [-0.39, 0.29) is 25.9 Å². The molecule has 0 aliphatic carbocycles. The van der Waals surface area contributed by atoms with E-state index in [0.29, 0.717) is 19.3 Å². The molecular weight excluding hydrogens is 880 g/mol. The molecule has 0 aliphatic rings. The third-order valence-corrected chi connectivity index (χ3v) is 13.6. The molecule has 0 aromatic rings. The summed E-state index contributed by atoms with van der Waals surface area (Å²) in [6.07, 6.45) is 48.9. The van der Waals surface area contributed by atoms with Crippen LogP contribution in [0.1, 0.15) is 290 Å². The monoisotopic (exact) mass is 987 g/mol. The van der Waals surface area contributed by atoms with Gasteiger partial charge >= 0.3 is 25.7 Å². The third kappa shape index (κ3) is 49.2. The summed E-state index contributed by atoms with van der Waals surface area (Å²) in [4.78, 5) is 48.4. The van der Waals surface area contributed by atoms with E-state index in [2.05, 4.69) is 32.9 Å². The number of hydrogen-bond acceptors (Lipinski definition) is 10. The van der Waals surface area contributed by atoms with E-state index < -0.39 is 57.8 Å². The molecule has 3 atom stereocenters. The van der Waals surface area contributed by atoms with Crippen LogP contribution in [0.25, 0.3) is 0 Å². The fraction of sp³-hybridized carbons (Fsp3) is 0.911. The molecule has 11 nitrogen and oxygen atoms in total. The zero-order valence-electron chi connectivity index (χ0n) is 44.4. The molecule has 0 radical (unpaired) electrons. The van der Waals surface area contributed by atoms with Crippen LogP contribution in [0.15, 0.2) is 12.2 Å². The Hall–Kier alpha value is -1.78. The van der Waals surface area contributed by atoms with Gasteiger partial charge in [-0.1, -0.05) is 238 Å². The number of carbonyl (C=O) groups excluding carboxylic acids is 3. The highest BCUT2D eigenvalue weighted by atomic mass is 31.2. The summed E-state index contributed by atoms with van der Waals surface area (Å²) < 4.78 is 39.5. The molecule has 0 amide bonds. The minimum atomic E-state index is -4.73. The Labute approximate surface area is 417 Å². The van der Waals surface area contributed by atoms with Gasteiger partial charge < -0.3 is 24.2 Å². The fourth-order valence-corrected chi connectivity index (χ4v) is 9.08. The van der Waals surface area contributed by atoms with Crippen molar-refractivity contribution in [3.8, 4) is 0 Å². The van der Waals surface area contributed by atoms with Crippen LogP contribution in [0.3, 0.4) is 0 Å². The Morgan fingerprint density at radius 2 is 0.676 bits per heavy atom. The van der Waals surface area contributed by atoms with Crippen LogP contribution >= 0.6 is 7.82 Å². The molecule has 402 valence electrons. The number of esters is 3. The van der Waals surface area contributed by atoms with Crippen LogP contribution in [0.2, 0.25) is 0 Å². The number of hydrogen-bond donors (Lipinski definition) is 2. The molecule has 3 unspecified atom stereocenters. The number of aliphatic hydroxyl groups is 1. The number of aliphatic hydroxyl groups excluding tert-OH is 1. The molecule has 0 bridgehead atoms. The minimum Gasteiger partial charge on any atom is -0.462 e. The lowest BCUT2D eigenvalue weighted by Crippen LogP contribution is -2.30. The number of unbranched alkanes of at least 4 members (excludes halogenated alkanes) is 35. The van der Waals surface area contributed by atoms with Gasteiger partial charge in [0.25, 0.3) is 0 Å². The summed E-state index contributed by atoms with van der Waals surface area (Å²) in [5.41, 5.74) is 0. The normalized spacial score (nSPS) is 13.4. The predicted molar refractivity (Wildman–Crippen MR) is 280 cm³/mol. The topological polar surface area (TPSA) is 155 Å². The van der Waals surface area contributed by atoms with Gasteiger partial charge in [-0.15, -0.1) is 0 Å². The van der Waals surface area contributed by atoms with Crippen LogP contribution in [0.4, 0.5) is 0 Å². The Bertz CT molecular complexity index is 1200. The van der Waals surface area contributed by atoms with E-state index in [0.717, 1.165) is 77.0 Å². The third-order valence-electron chi connectivity index (χ3n) is 12.7. The molecule has 0 saturated carbocycles. The molecule has 2 N–H and O–H groups in total. The first-order valence-electron chi connectivity index (χ1n) is 28.6. The summed E-state index contributed by atoms with van der Waals surface area (Å²) in [7, 11) is -4.73. The van der Waals surface area contributed by atoms with Gasteiger partial charge in [-0.3, -0.25) is 23.4 Å². The molecule has 12 heteroatoms. The van der Waals surface area contributed by atoms with Crippen molar-refractivity contribution < 1.29 is 52.2 Å². The van der Waals surface area contributed by atoms with Gasteiger partial charge in [0, 0.05) is 19.3 Å².